The van der Waals surface area contributed by atoms with Crippen LogP contribution in [0.1, 0.15) is 65.5 Å². The van der Waals surface area contributed by atoms with Gasteiger partial charge in [0.15, 0.2) is 11.9 Å². The van der Waals surface area contributed by atoms with E-state index in [0.717, 1.165) is 24.1 Å². The molecule has 274 valence electrons. The Bertz CT molecular complexity index is 2120. The van der Waals surface area contributed by atoms with Gasteiger partial charge in [-0.25, -0.2) is 10.0 Å². The average molecular weight is 751 g/mol. The van der Waals surface area contributed by atoms with Gasteiger partial charge in [0.1, 0.15) is 11.6 Å². The van der Waals surface area contributed by atoms with Gasteiger partial charge in [-0.15, -0.1) is 5.10 Å². The number of carbonyl (C=O) groups is 2. The number of amidine groups is 1. The molecule has 13 heteroatoms. The average Bonchev–Trinajstić information content (AvgIpc) is 3.76. The minimum atomic E-state index is -0.819. The maximum atomic E-state index is 14.0. The lowest BCUT2D eigenvalue weighted by Gasteiger charge is -2.30. The largest absolute Gasteiger partial charge is 0.483 e. The van der Waals surface area contributed by atoms with Crippen molar-refractivity contribution in [1.82, 2.24) is 25.6 Å². The number of ether oxygens (including phenoxy) is 1. The molecule has 0 radical (unpaired) electrons. The SMILES string of the molecule is CCC(C)(C)c1ccc(OCC(=O)Nc2ccc(N3NC(=Nc4ccccc4Cl)[C@H](Sc4nnnn4-c4ccccc4)C3=O)cc2)c(C(C)(C)CC)c1. The van der Waals surface area contributed by atoms with E-state index in [1.807, 2.05) is 48.5 Å². The summed E-state index contributed by atoms with van der Waals surface area (Å²) in [6, 6.07) is 29.8. The lowest BCUT2D eigenvalue weighted by molar-refractivity contribution is -0.118. The van der Waals surface area contributed by atoms with Gasteiger partial charge in [-0.2, -0.15) is 4.68 Å². The van der Waals surface area contributed by atoms with E-state index in [1.165, 1.54) is 22.3 Å². The minimum Gasteiger partial charge on any atom is -0.483 e. The highest BCUT2D eigenvalue weighted by Gasteiger charge is 2.41. The van der Waals surface area contributed by atoms with E-state index in [-0.39, 0.29) is 29.3 Å². The number of tetrazole rings is 1. The number of para-hydroxylation sites is 2. The second-order valence-electron chi connectivity index (χ2n) is 14.0. The Morgan fingerprint density at radius 1 is 0.925 bits per heavy atom. The molecule has 1 aliphatic heterocycles. The third-order valence-corrected chi connectivity index (χ3v) is 11.1. The number of anilines is 2. The van der Waals surface area contributed by atoms with Gasteiger partial charge in [0.25, 0.3) is 11.8 Å². The molecule has 0 bridgehead atoms. The molecule has 0 aliphatic carbocycles. The van der Waals surface area contributed by atoms with Gasteiger partial charge < -0.3 is 10.1 Å². The van der Waals surface area contributed by atoms with Gasteiger partial charge in [0.2, 0.25) is 5.16 Å². The van der Waals surface area contributed by atoms with E-state index < -0.39 is 5.25 Å². The molecule has 2 N–H and O–H groups in total. The number of rotatable bonds is 13. The van der Waals surface area contributed by atoms with Crippen LogP contribution in [0.3, 0.4) is 0 Å². The Kier molecular flexibility index (Phi) is 11.2. The molecule has 11 nitrogen and oxygen atoms in total. The van der Waals surface area contributed by atoms with Crippen molar-refractivity contribution < 1.29 is 14.3 Å². The number of nitrogens with one attached hydrogen (secondary N) is 2. The Labute approximate surface area is 319 Å². The summed E-state index contributed by atoms with van der Waals surface area (Å²) < 4.78 is 7.70. The summed E-state index contributed by atoms with van der Waals surface area (Å²) in [6.45, 7) is 13.1. The molecule has 5 aromatic rings. The number of aliphatic imine (C=N–C) groups is 1. The summed E-state index contributed by atoms with van der Waals surface area (Å²) in [6.07, 6.45) is 1.93. The van der Waals surface area contributed by atoms with E-state index in [9.17, 15) is 9.59 Å². The highest BCUT2D eigenvalue weighted by molar-refractivity contribution is 8.01. The summed E-state index contributed by atoms with van der Waals surface area (Å²) >= 11 is 7.62. The van der Waals surface area contributed by atoms with Crippen LogP contribution in [-0.4, -0.2) is 49.7 Å². The maximum Gasteiger partial charge on any atom is 0.267 e. The summed E-state index contributed by atoms with van der Waals surface area (Å²) in [7, 11) is 0. The number of hydrogen-bond donors (Lipinski definition) is 2. The van der Waals surface area contributed by atoms with Gasteiger partial charge >= 0.3 is 0 Å². The van der Waals surface area contributed by atoms with Gasteiger partial charge in [0.05, 0.1) is 22.1 Å². The van der Waals surface area contributed by atoms with Crippen LogP contribution in [0.15, 0.2) is 107 Å². The first-order valence-electron chi connectivity index (χ1n) is 17.5. The van der Waals surface area contributed by atoms with Crippen LogP contribution in [0, 0.1) is 0 Å². The number of nitrogens with zero attached hydrogens (tertiary/aromatic N) is 6. The molecule has 2 heterocycles. The molecule has 0 unspecified atom stereocenters. The van der Waals surface area contributed by atoms with Gasteiger partial charge in [-0.05, 0) is 94.3 Å². The number of carbonyl (C=O) groups excluding carboxylic acids is 2. The fourth-order valence-electron chi connectivity index (χ4n) is 5.64. The molecule has 0 saturated carbocycles. The predicted octanol–water partition coefficient (Wildman–Crippen LogP) is 8.45. The Morgan fingerprint density at radius 2 is 1.62 bits per heavy atom. The van der Waals surface area contributed by atoms with Crippen molar-refractivity contribution in [2.24, 2.45) is 4.99 Å². The maximum absolute atomic E-state index is 14.0. The summed E-state index contributed by atoms with van der Waals surface area (Å²) in [4.78, 5) is 31.9. The lowest BCUT2D eigenvalue weighted by Crippen LogP contribution is -2.35. The predicted molar refractivity (Wildman–Crippen MR) is 212 cm³/mol. The Hall–Kier alpha value is -5.20. The summed E-state index contributed by atoms with van der Waals surface area (Å²) in [5.74, 6) is 0.485. The fourth-order valence-corrected chi connectivity index (χ4v) is 6.78. The second kappa shape index (κ2) is 15.8. The number of amides is 2. The van der Waals surface area contributed by atoms with Crippen LogP contribution in [0.25, 0.3) is 5.69 Å². The monoisotopic (exact) mass is 750 g/mol. The van der Waals surface area contributed by atoms with E-state index in [4.69, 9.17) is 21.3 Å². The standard InChI is InChI=1S/C40H43ClN8O3S/c1-7-39(3,4)26-18-23-33(30(24-26)40(5,6)8-2)52-25-34(50)42-27-19-21-29(22-20-27)48-37(51)35(36(45-48)43-32-17-13-12-16-31(32)41)53-38-44-46-47-49(38)28-14-10-9-11-15-28/h9-24,35H,7-8,25H2,1-6H3,(H,42,50)(H,43,45)/t35-/m0/s1. The van der Waals surface area contributed by atoms with Crippen LogP contribution >= 0.6 is 23.4 Å². The molecular weight excluding hydrogens is 708 g/mol. The molecule has 6 rings (SSSR count). The molecule has 1 saturated heterocycles. The van der Waals surface area contributed by atoms with Crippen LogP contribution in [0.2, 0.25) is 5.02 Å². The highest BCUT2D eigenvalue weighted by Crippen LogP contribution is 2.39. The van der Waals surface area contributed by atoms with Crippen molar-refractivity contribution >= 4 is 58.1 Å². The quantitative estimate of drug-likeness (QED) is 0.123. The van der Waals surface area contributed by atoms with Crippen molar-refractivity contribution in [3.05, 3.63) is 113 Å². The smallest absolute Gasteiger partial charge is 0.267 e. The molecular formula is C40H43ClN8O3S. The topological polar surface area (TPSA) is 127 Å². The Morgan fingerprint density at radius 3 is 2.32 bits per heavy atom. The zero-order valence-electron chi connectivity index (χ0n) is 30.6. The minimum absolute atomic E-state index is 0.0281. The molecule has 1 atom stereocenters. The molecule has 0 spiro atoms. The van der Waals surface area contributed by atoms with E-state index >= 15 is 0 Å². The molecule has 1 aromatic heterocycles. The van der Waals surface area contributed by atoms with Gasteiger partial charge in [-0.1, -0.05) is 107 Å². The number of thioether (sulfide) groups is 1. The zero-order chi connectivity index (χ0) is 37.8. The Balaban J connectivity index is 1.18. The molecule has 1 aliphatic rings. The first kappa shape index (κ1) is 37.6. The van der Waals surface area contributed by atoms with Crippen LogP contribution in [-0.2, 0) is 20.4 Å². The normalized spacial score (nSPS) is 15.5. The van der Waals surface area contributed by atoms with Crippen molar-refractivity contribution in [3.8, 4) is 11.4 Å². The molecule has 1 fully saturated rings. The van der Waals surface area contributed by atoms with Crippen LogP contribution < -0.4 is 20.5 Å². The van der Waals surface area contributed by atoms with E-state index in [1.54, 1.807) is 41.1 Å². The highest BCUT2D eigenvalue weighted by atomic mass is 35.5. The number of hydrogen-bond acceptors (Lipinski definition) is 8. The molecule has 4 aromatic carbocycles. The van der Waals surface area contributed by atoms with Crippen LogP contribution in [0.5, 0.6) is 5.75 Å². The fraction of sp³-hybridized carbons (Fsp3) is 0.300. The third-order valence-electron chi connectivity index (χ3n) is 9.70. The van der Waals surface area contributed by atoms with Gasteiger partial charge in [0, 0.05) is 11.3 Å². The van der Waals surface area contributed by atoms with Crippen LogP contribution in [0.4, 0.5) is 17.1 Å². The molecule has 2 amide bonds. The second-order valence-corrected chi connectivity index (χ2v) is 15.5. The molecule has 53 heavy (non-hydrogen) atoms. The first-order chi connectivity index (χ1) is 25.4. The van der Waals surface area contributed by atoms with Crippen molar-refractivity contribution in [1.29, 1.82) is 0 Å². The third kappa shape index (κ3) is 8.39. The van der Waals surface area contributed by atoms with E-state index in [2.05, 4.69) is 79.9 Å². The van der Waals surface area contributed by atoms with Crippen molar-refractivity contribution in [3.63, 3.8) is 0 Å². The zero-order valence-corrected chi connectivity index (χ0v) is 32.2. The summed E-state index contributed by atoms with van der Waals surface area (Å²) in [5, 5.41) is 16.5. The number of aromatic nitrogens is 4. The number of benzene rings is 4. The number of halogens is 1. The van der Waals surface area contributed by atoms with Crippen molar-refractivity contribution in [2.75, 3.05) is 16.9 Å². The van der Waals surface area contributed by atoms with Gasteiger partial charge in [-0.3, -0.25) is 15.0 Å². The number of hydrazine groups is 1. The van der Waals surface area contributed by atoms with Crippen molar-refractivity contribution in [2.45, 2.75) is 75.6 Å². The lowest BCUT2D eigenvalue weighted by atomic mass is 9.76. The first-order valence-corrected chi connectivity index (χ1v) is 18.8. The van der Waals surface area contributed by atoms with E-state index in [0.29, 0.717) is 38.8 Å². The summed E-state index contributed by atoms with van der Waals surface area (Å²) in [5.41, 5.74) is 7.75.